The van der Waals surface area contributed by atoms with Crippen LogP contribution in [0.15, 0.2) is 29.2 Å². The Morgan fingerprint density at radius 1 is 1.26 bits per heavy atom. The number of anilines is 1. The number of hydrogen-bond donors (Lipinski definition) is 2. The minimum Gasteiger partial charge on any atom is -0.361 e. The fourth-order valence-corrected chi connectivity index (χ4v) is 6.37. The molecule has 1 aliphatic heterocycles. The molecule has 4 aromatic rings. The molecule has 2 aliphatic rings. The molecule has 35 heavy (non-hydrogen) atoms. The van der Waals surface area contributed by atoms with Crippen LogP contribution in [0.5, 0.6) is 0 Å². The van der Waals surface area contributed by atoms with Gasteiger partial charge in [-0.1, -0.05) is 23.0 Å². The van der Waals surface area contributed by atoms with Crippen LogP contribution in [0.4, 0.5) is 5.13 Å². The second kappa shape index (κ2) is 9.11. The van der Waals surface area contributed by atoms with Crippen molar-refractivity contribution < 1.29 is 4.79 Å². The number of hydrogen-bond acceptors (Lipinski definition) is 6. The van der Waals surface area contributed by atoms with Crippen LogP contribution in [0.1, 0.15) is 48.1 Å². The predicted octanol–water partition coefficient (Wildman–Crippen LogP) is 3.39. The Morgan fingerprint density at radius 3 is 3.06 bits per heavy atom. The van der Waals surface area contributed by atoms with Gasteiger partial charge in [0.15, 0.2) is 0 Å². The van der Waals surface area contributed by atoms with Gasteiger partial charge in [-0.15, -0.1) is 5.10 Å². The van der Waals surface area contributed by atoms with Crippen molar-refractivity contribution >= 4 is 38.2 Å². The third kappa shape index (κ3) is 4.22. The normalized spacial score (nSPS) is 18.2. The van der Waals surface area contributed by atoms with E-state index >= 15 is 0 Å². The lowest BCUT2D eigenvalue weighted by Crippen LogP contribution is -2.43. The average Bonchev–Trinajstić information content (AvgIpc) is 3.48. The maximum atomic E-state index is 13.0. The number of benzene rings is 1. The molecule has 1 amide bonds. The Labute approximate surface area is 207 Å². The summed E-state index contributed by atoms with van der Waals surface area (Å²) < 4.78 is 1.47. The Balaban J connectivity index is 1.12. The molecule has 9 heteroatoms. The quantitative estimate of drug-likeness (QED) is 0.447. The molecule has 2 N–H and O–H groups in total. The van der Waals surface area contributed by atoms with Crippen molar-refractivity contribution in [2.24, 2.45) is 5.92 Å². The van der Waals surface area contributed by atoms with Crippen molar-refractivity contribution in [3.05, 3.63) is 57.1 Å². The smallest absolute Gasteiger partial charge is 0.278 e. The molecule has 0 saturated carbocycles. The molecular weight excluding hydrogens is 460 g/mol. The Bertz CT molecular complexity index is 1470. The van der Waals surface area contributed by atoms with Crippen LogP contribution in [0.3, 0.4) is 0 Å². The molecule has 1 unspecified atom stereocenters. The molecule has 182 valence electrons. The molecule has 1 aliphatic carbocycles. The summed E-state index contributed by atoms with van der Waals surface area (Å²) in [5.74, 6) is 0.0106. The highest BCUT2D eigenvalue weighted by molar-refractivity contribution is 7.20. The highest BCUT2D eigenvalue weighted by Crippen LogP contribution is 2.28. The zero-order valence-corrected chi connectivity index (χ0v) is 20.8. The number of carbonyl (C=O) groups is 1. The maximum absolute atomic E-state index is 13.0. The average molecular weight is 491 g/mol. The number of nitrogens with one attached hydrogen (secondary N) is 2. The summed E-state index contributed by atoms with van der Waals surface area (Å²) in [6.07, 6.45) is 8.42. The van der Waals surface area contributed by atoms with Crippen LogP contribution in [0.25, 0.3) is 15.9 Å². The number of aromatic amines is 1. The van der Waals surface area contributed by atoms with Gasteiger partial charge in [0, 0.05) is 42.3 Å². The number of fused-ring (bicyclic) bond motifs is 3. The standard InChI is InChI=1S/C26H30N6O2S/c1-16-8-9-21-20(13-16)17(14-28-21)10-11-27-23(33)18-5-4-12-31(15-18)26-30-32-24(34)19-6-2-3-7-22(19)29-25(32)35-26/h8-9,13-14,18,28H,2-7,10-12,15H2,1H3,(H,27,33). The summed E-state index contributed by atoms with van der Waals surface area (Å²) in [5, 5.41) is 9.78. The van der Waals surface area contributed by atoms with Crippen LogP contribution in [-0.2, 0) is 24.1 Å². The number of amides is 1. The van der Waals surface area contributed by atoms with E-state index in [9.17, 15) is 9.59 Å². The van der Waals surface area contributed by atoms with Crippen molar-refractivity contribution in [1.82, 2.24) is 24.9 Å². The summed E-state index contributed by atoms with van der Waals surface area (Å²) in [5.41, 5.74) is 5.34. The number of H-pyrrole nitrogens is 1. The van der Waals surface area contributed by atoms with Gasteiger partial charge in [-0.05, 0) is 69.6 Å². The Kier molecular flexibility index (Phi) is 5.80. The first-order valence-electron chi connectivity index (χ1n) is 12.6. The fraction of sp³-hybridized carbons (Fsp3) is 0.462. The molecular formula is C26H30N6O2S. The molecule has 1 fully saturated rings. The number of nitrogens with zero attached hydrogens (tertiary/aromatic N) is 4. The molecule has 8 nitrogen and oxygen atoms in total. The van der Waals surface area contributed by atoms with Gasteiger partial charge >= 0.3 is 0 Å². The molecule has 4 heterocycles. The van der Waals surface area contributed by atoms with Crippen molar-refractivity contribution in [2.75, 3.05) is 24.5 Å². The van der Waals surface area contributed by atoms with Gasteiger partial charge in [-0.3, -0.25) is 9.59 Å². The first-order valence-corrected chi connectivity index (χ1v) is 13.4. The maximum Gasteiger partial charge on any atom is 0.278 e. The molecule has 6 rings (SSSR count). The van der Waals surface area contributed by atoms with E-state index in [2.05, 4.69) is 45.4 Å². The molecule has 3 aromatic heterocycles. The number of aromatic nitrogens is 4. The van der Waals surface area contributed by atoms with Crippen LogP contribution < -0.4 is 15.8 Å². The minimum absolute atomic E-state index is 0.0222. The molecule has 1 atom stereocenters. The van der Waals surface area contributed by atoms with Gasteiger partial charge in [-0.25, -0.2) is 4.98 Å². The second-order valence-electron chi connectivity index (χ2n) is 9.82. The molecule has 1 aromatic carbocycles. The van der Waals surface area contributed by atoms with Crippen molar-refractivity contribution in [3.8, 4) is 0 Å². The van der Waals surface area contributed by atoms with E-state index in [4.69, 9.17) is 4.98 Å². The molecule has 1 saturated heterocycles. The van der Waals surface area contributed by atoms with E-state index in [-0.39, 0.29) is 17.4 Å². The van der Waals surface area contributed by atoms with E-state index < -0.39 is 0 Å². The zero-order chi connectivity index (χ0) is 23.9. The van der Waals surface area contributed by atoms with E-state index in [0.717, 1.165) is 73.4 Å². The summed E-state index contributed by atoms with van der Waals surface area (Å²) in [6, 6.07) is 6.40. The minimum atomic E-state index is -0.0844. The van der Waals surface area contributed by atoms with Gasteiger partial charge in [0.2, 0.25) is 16.0 Å². The fourth-order valence-electron chi connectivity index (χ4n) is 5.42. The summed E-state index contributed by atoms with van der Waals surface area (Å²) >= 11 is 1.45. The van der Waals surface area contributed by atoms with Crippen molar-refractivity contribution in [1.29, 1.82) is 0 Å². The number of aryl methyl sites for hydroxylation is 2. The van der Waals surface area contributed by atoms with E-state index in [1.807, 2.05) is 6.20 Å². The lowest BCUT2D eigenvalue weighted by molar-refractivity contribution is -0.125. The first kappa shape index (κ1) is 22.3. The first-order chi connectivity index (χ1) is 17.1. The monoisotopic (exact) mass is 490 g/mol. The molecule has 0 radical (unpaired) electrons. The van der Waals surface area contributed by atoms with E-state index in [1.165, 1.54) is 32.4 Å². The van der Waals surface area contributed by atoms with E-state index in [1.54, 1.807) is 0 Å². The summed E-state index contributed by atoms with van der Waals surface area (Å²) in [4.78, 5) is 36.8. The largest absolute Gasteiger partial charge is 0.361 e. The summed E-state index contributed by atoms with van der Waals surface area (Å²) in [7, 11) is 0. The van der Waals surface area contributed by atoms with Crippen LogP contribution >= 0.6 is 11.3 Å². The Morgan fingerprint density at radius 2 is 2.14 bits per heavy atom. The second-order valence-corrected chi connectivity index (χ2v) is 10.8. The topological polar surface area (TPSA) is 95.4 Å². The lowest BCUT2D eigenvalue weighted by Gasteiger charge is -2.31. The molecule has 0 spiro atoms. The van der Waals surface area contributed by atoms with Crippen molar-refractivity contribution in [3.63, 3.8) is 0 Å². The van der Waals surface area contributed by atoms with Crippen molar-refractivity contribution in [2.45, 2.75) is 51.9 Å². The SMILES string of the molecule is Cc1ccc2[nH]cc(CCNC(=O)C3CCCN(c4nn5c(=O)c6c(nc5s4)CCCC6)C3)c2c1. The van der Waals surface area contributed by atoms with Gasteiger partial charge in [0.05, 0.1) is 11.6 Å². The van der Waals surface area contributed by atoms with Crippen LogP contribution in [0.2, 0.25) is 0 Å². The van der Waals surface area contributed by atoms with Crippen LogP contribution in [0, 0.1) is 12.8 Å². The predicted molar refractivity (Wildman–Crippen MR) is 138 cm³/mol. The van der Waals surface area contributed by atoms with Gasteiger partial charge in [0.1, 0.15) is 0 Å². The number of carbonyl (C=O) groups excluding carboxylic acids is 1. The molecule has 0 bridgehead atoms. The highest BCUT2D eigenvalue weighted by Gasteiger charge is 2.28. The zero-order valence-electron chi connectivity index (χ0n) is 20.0. The van der Waals surface area contributed by atoms with Gasteiger partial charge in [-0.2, -0.15) is 4.52 Å². The summed E-state index contributed by atoms with van der Waals surface area (Å²) in [6.45, 7) is 4.17. The van der Waals surface area contributed by atoms with Gasteiger partial charge in [0.25, 0.3) is 5.56 Å². The van der Waals surface area contributed by atoms with Gasteiger partial charge < -0.3 is 15.2 Å². The third-order valence-electron chi connectivity index (χ3n) is 7.35. The van der Waals surface area contributed by atoms with Crippen LogP contribution in [-0.4, -0.2) is 45.1 Å². The lowest BCUT2D eigenvalue weighted by atomic mass is 9.97. The Hall–Kier alpha value is -3.20. The third-order valence-corrected chi connectivity index (χ3v) is 8.32. The number of piperidine rings is 1. The highest BCUT2D eigenvalue weighted by atomic mass is 32.1. The van der Waals surface area contributed by atoms with E-state index in [0.29, 0.717) is 18.1 Å². The number of rotatable bonds is 5.